The number of benzene rings is 1. The van der Waals surface area contributed by atoms with Crippen LogP contribution in [0.3, 0.4) is 0 Å². The maximum absolute atomic E-state index is 12.9. The van der Waals surface area contributed by atoms with E-state index in [0.29, 0.717) is 18.2 Å². The second kappa shape index (κ2) is 10.9. The number of ether oxygens (including phenoxy) is 1. The first-order valence-electron chi connectivity index (χ1n) is 11.2. The van der Waals surface area contributed by atoms with Crippen LogP contribution in [0, 0.1) is 23.0 Å². The number of aryl methyl sites for hydroxylation is 1. The van der Waals surface area contributed by atoms with Crippen molar-refractivity contribution in [2.75, 3.05) is 38.2 Å². The Labute approximate surface area is 201 Å². The molecule has 1 N–H and O–H groups in total. The highest BCUT2D eigenvalue weighted by Gasteiger charge is 2.25. The molecular formula is C22H28ClN5O4S. The van der Waals surface area contributed by atoms with Crippen LogP contribution in [0.1, 0.15) is 37.3 Å². The van der Waals surface area contributed by atoms with Crippen LogP contribution in [0.5, 0.6) is 0 Å². The third-order valence-electron chi connectivity index (χ3n) is 6.16. The summed E-state index contributed by atoms with van der Waals surface area (Å²) in [6.07, 6.45) is 5.28. The number of non-ortho nitro benzene ring substituents is 1. The number of hydrogen-bond donors (Lipinski definition) is 1. The SMILES string of the molecule is Cc1ccc([N+](=O)[O-])cc1SN1CCC(n2ncc(NCC3CCCOC3)c(Cl)c2=O)CC1. The maximum Gasteiger partial charge on any atom is 0.287 e. The van der Waals surface area contributed by atoms with Gasteiger partial charge in [0, 0.05) is 43.3 Å². The van der Waals surface area contributed by atoms with Gasteiger partial charge in [-0.15, -0.1) is 0 Å². The number of hydrogen-bond acceptors (Lipinski definition) is 8. The Bertz CT molecular complexity index is 1050. The summed E-state index contributed by atoms with van der Waals surface area (Å²) >= 11 is 7.92. The molecule has 0 amide bonds. The predicted octanol–water partition coefficient (Wildman–Crippen LogP) is 4.30. The molecule has 1 unspecified atom stereocenters. The van der Waals surface area contributed by atoms with Crippen LogP contribution < -0.4 is 10.9 Å². The highest BCUT2D eigenvalue weighted by atomic mass is 35.5. The summed E-state index contributed by atoms with van der Waals surface area (Å²) in [5.41, 5.74) is 1.38. The van der Waals surface area contributed by atoms with E-state index in [1.807, 2.05) is 6.92 Å². The molecule has 0 bridgehead atoms. The summed E-state index contributed by atoms with van der Waals surface area (Å²) in [5, 5.41) is 18.9. The smallest absolute Gasteiger partial charge is 0.287 e. The fourth-order valence-corrected chi connectivity index (χ4v) is 5.43. The van der Waals surface area contributed by atoms with E-state index in [-0.39, 0.29) is 27.2 Å². The summed E-state index contributed by atoms with van der Waals surface area (Å²) in [6, 6.07) is 4.88. The van der Waals surface area contributed by atoms with E-state index < -0.39 is 0 Å². The van der Waals surface area contributed by atoms with Crippen molar-refractivity contribution in [2.45, 2.75) is 43.5 Å². The van der Waals surface area contributed by atoms with Gasteiger partial charge in [-0.25, -0.2) is 8.99 Å². The van der Waals surface area contributed by atoms with E-state index in [0.717, 1.165) is 62.4 Å². The molecule has 2 aromatic rings. The van der Waals surface area contributed by atoms with Gasteiger partial charge in [-0.2, -0.15) is 5.10 Å². The van der Waals surface area contributed by atoms with E-state index in [1.54, 1.807) is 18.3 Å². The first-order valence-corrected chi connectivity index (χ1v) is 12.3. The Morgan fingerprint density at radius 2 is 2.12 bits per heavy atom. The zero-order valence-corrected chi connectivity index (χ0v) is 20.1. The lowest BCUT2D eigenvalue weighted by Crippen LogP contribution is -2.36. The van der Waals surface area contributed by atoms with Crippen LogP contribution in [0.15, 0.2) is 34.1 Å². The van der Waals surface area contributed by atoms with Crippen molar-refractivity contribution in [1.82, 2.24) is 14.1 Å². The van der Waals surface area contributed by atoms with E-state index in [4.69, 9.17) is 16.3 Å². The summed E-state index contributed by atoms with van der Waals surface area (Å²) in [6.45, 7) is 5.67. The summed E-state index contributed by atoms with van der Waals surface area (Å²) in [4.78, 5) is 24.5. The van der Waals surface area contributed by atoms with Gasteiger partial charge in [0.2, 0.25) is 0 Å². The number of nitrogens with zero attached hydrogens (tertiary/aromatic N) is 4. The molecule has 0 spiro atoms. The fraction of sp³-hybridized carbons (Fsp3) is 0.545. The van der Waals surface area contributed by atoms with Gasteiger partial charge in [-0.1, -0.05) is 17.7 Å². The molecular weight excluding hydrogens is 466 g/mol. The van der Waals surface area contributed by atoms with Crippen LogP contribution in [-0.2, 0) is 4.74 Å². The molecule has 1 aromatic carbocycles. The molecule has 178 valence electrons. The molecule has 11 heteroatoms. The summed E-state index contributed by atoms with van der Waals surface area (Å²) in [5.74, 6) is 0.411. The average Bonchev–Trinajstić information content (AvgIpc) is 2.82. The fourth-order valence-electron chi connectivity index (χ4n) is 4.17. The zero-order chi connectivity index (χ0) is 23.4. The number of halogens is 1. The van der Waals surface area contributed by atoms with Gasteiger partial charge in [0.1, 0.15) is 5.02 Å². The van der Waals surface area contributed by atoms with Gasteiger partial charge in [0.05, 0.1) is 29.5 Å². The molecule has 0 radical (unpaired) electrons. The molecule has 0 aliphatic carbocycles. The van der Waals surface area contributed by atoms with Gasteiger partial charge in [-0.05, 0) is 56.0 Å². The molecule has 2 aliphatic heterocycles. The van der Waals surface area contributed by atoms with Crippen LogP contribution in [0.4, 0.5) is 11.4 Å². The average molecular weight is 494 g/mol. The number of nitrogens with one attached hydrogen (secondary N) is 1. The Kier molecular flexibility index (Phi) is 7.90. The van der Waals surface area contributed by atoms with E-state index in [2.05, 4.69) is 14.7 Å². The molecule has 1 atom stereocenters. The number of piperidine rings is 1. The first-order chi connectivity index (χ1) is 15.9. The molecule has 2 fully saturated rings. The maximum atomic E-state index is 12.9. The lowest BCUT2D eigenvalue weighted by atomic mass is 10.0. The molecule has 3 heterocycles. The highest BCUT2D eigenvalue weighted by molar-refractivity contribution is 7.97. The number of nitro benzene ring substituents is 1. The van der Waals surface area contributed by atoms with Crippen LogP contribution in [0.25, 0.3) is 0 Å². The van der Waals surface area contributed by atoms with Crippen molar-refractivity contribution in [2.24, 2.45) is 5.92 Å². The predicted molar refractivity (Wildman–Crippen MR) is 129 cm³/mol. The van der Waals surface area contributed by atoms with Gasteiger partial charge in [0.25, 0.3) is 11.2 Å². The molecule has 2 aliphatic rings. The first kappa shape index (κ1) is 24.0. The minimum Gasteiger partial charge on any atom is -0.382 e. The Balaban J connectivity index is 1.35. The number of anilines is 1. The minimum atomic E-state index is -0.376. The second-order valence-corrected chi connectivity index (χ2v) is 10.1. The lowest BCUT2D eigenvalue weighted by molar-refractivity contribution is -0.385. The van der Waals surface area contributed by atoms with E-state index in [9.17, 15) is 14.9 Å². The van der Waals surface area contributed by atoms with Crippen LogP contribution in [-0.4, -0.2) is 51.9 Å². The summed E-state index contributed by atoms with van der Waals surface area (Å²) in [7, 11) is 0. The van der Waals surface area contributed by atoms with Crippen molar-refractivity contribution in [3.8, 4) is 0 Å². The van der Waals surface area contributed by atoms with Crippen molar-refractivity contribution >= 4 is 34.9 Å². The molecule has 2 saturated heterocycles. The standard InChI is InChI=1S/C22H28ClN5O4S/c1-15-4-5-18(28(30)31)11-20(15)33-26-8-6-17(7-9-26)27-22(29)21(23)19(13-25-27)24-12-16-3-2-10-32-14-16/h4-5,11,13,16-17,24H,2-3,6-10,12,14H2,1H3. The van der Waals surface area contributed by atoms with Crippen molar-refractivity contribution in [3.05, 3.63) is 55.5 Å². The number of nitro groups is 1. The highest BCUT2D eigenvalue weighted by Crippen LogP contribution is 2.33. The van der Waals surface area contributed by atoms with Crippen LogP contribution >= 0.6 is 23.5 Å². The van der Waals surface area contributed by atoms with E-state index >= 15 is 0 Å². The molecule has 33 heavy (non-hydrogen) atoms. The lowest BCUT2D eigenvalue weighted by Gasteiger charge is -2.31. The van der Waals surface area contributed by atoms with Gasteiger partial charge in [-0.3, -0.25) is 14.9 Å². The Morgan fingerprint density at radius 3 is 2.82 bits per heavy atom. The van der Waals surface area contributed by atoms with Crippen molar-refractivity contribution in [1.29, 1.82) is 0 Å². The summed E-state index contributed by atoms with van der Waals surface area (Å²) < 4.78 is 9.18. The third-order valence-corrected chi connectivity index (χ3v) is 7.78. The Hall–Kier alpha value is -2.14. The minimum absolute atomic E-state index is 0.0288. The zero-order valence-electron chi connectivity index (χ0n) is 18.5. The quantitative estimate of drug-likeness (QED) is 0.346. The van der Waals surface area contributed by atoms with Crippen molar-refractivity contribution < 1.29 is 9.66 Å². The normalized spacial score (nSPS) is 20.0. The number of aromatic nitrogens is 2. The Morgan fingerprint density at radius 1 is 1.33 bits per heavy atom. The molecule has 9 nitrogen and oxygen atoms in total. The monoisotopic (exact) mass is 493 g/mol. The van der Waals surface area contributed by atoms with E-state index in [1.165, 1.54) is 22.7 Å². The number of rotatable bonds is 7. The second-order valence-electron chi connectivity index (χ2n) is 8.54. The van der Waals surface area contributed by atoms with Crippen molar-refractivity contribution in [3.63, 3.8) is 0 Å². The molecule has 0 saturated carbocycles. The van der Waals surface area contributed by atoms with Crippen LogP contribution in [0.2, 0.25) is 5.02 Å². The molecule has 4 rings (SSSR count). The van der Waals surface area contributed by atoms with Gasteiger partial charge in [0.15, 0.2) is 0 Å². The molecule has 1 aromatic heterocycles. The van der Waals surface area contributed by atoms with Gasteiger partial charge >= 0.3 is 0 Å². The largest absolute Gasteiger partial charge is 0.382 e. The topological polar surface area (TPSA) is 103 Å². The third kappa shape index (κ3) is 5.87. The van der Waals surface area contributed by atoms with Gasteiger partial charge < -0.3 is 10.1 Å².